The van der Waals surface area contributed by atoms with Crippen LogP contribution in [0.15, 0.2) is 54.6 Å². The van der Waals surface area contributed by atoms with Gasteiger partial charge in [-0.2, -0.15) is 0 Å². The van der Waals surface area contributed by atoms with Gasteiger partial charge in [-0.25, -0.2) is 4.39 Å². The highest BCUT2D eigenvalue weighted by Crippen LogP contribution is 2.36. The van der Waals surface area contributed by atoms with Gasteiger partial charge in [0.05, 0.1) is 6.67 Å². The Hall–Kier alpha value is -3.39. The van der Waals surface area contributed by atoms with E-state index in [4.69, 9.17) is 0 Å². The largest absolute Gasteiger partial charge is 0.351 e. The maximum Gasteiger partial charge on any atom is 0.267 e. The molecule has 2 fully saturated rings. The molecule has 0 bridgehead atoms. The van der Waals surface area contributed by atoms with Crippen LogP contribution >= 0.6 is 0 Å². The molecule has 0 aliphatic carbocycles. The third-order valence-electron chi connectivity index (χ3n) is 6.83. The van der Waals surface area contributed by atoms with Crippen LogP contribution < -0.4 is 15.5 Å². The van der Waals surface area contributed by atoms with Crippen molar-refractivity contribution in [3.8, 4) is 0 Å². The van der Waals surface area contributed by atoms with E-state index in [-0.39, 0.29) is 23.7 Å². The molecule has 33 heavy (non-hydrogen) atoms. The lowest BCUT2D eigenvalue weighted by Gasteiger charge is -2.43. The number of benzene rings is 2. The molecule has 7 nitrogen and oxygen atoms in total. The summed E-state index contributed by atoms with van der Waals surface area (Å²) in [5.41, 5.74) is 1.70. The molecule has 2 aromatic carbocycles. The molecule has 0 saturated carbocycles. The van der Waals surface area contributed by atoms with E-state index < -0.39 is 5.54 Å². The molecule has 3 heterocycles. The molecule has 0 radical (unpaired) electrons. The number of H-pyrrole nitrogens is 1. The number of likely N-dealkylation sites (tertiary alicyclic amines) is 1. The molecule has 1 aromatic heterocycles. The number of carbonyl (C=O) groups is 2. The Bertz CT molecular complexity index is 1170. The lowest BCUT2D eigenvalue weighted by molar-refractivity contribution is -0.125. The second-order valence-corrected chi connectivity index (χ2v) is 9.05. The average Bonchev–Trinajstić information content (AvgIpc) is 3.37. The van der Waals surface area contributed by atoms with E-state index in [0.29, 0.717) is 24.3 Å². The summed E-state index contributed by atoms with van der Waals surface area (Å²) in [4.78, 5) is 33.0. The van der Waals surface area contributed by atoms with E-state index in [9.17, 15) is 14.0 Å². The monoisotopic (exact) mass is 449 g/mol. The number of halogens is 1. The van der Waals surface area contributed by atoms with Crippen molar-refractivity contribution in [2.45, 2.75) is 31.3 Å². The number of piperidine rings is 1. The molecule has 2 saturated heterocycles. The zero-order valence-corrected chi connectivity index (χ0v) is 18.6. The van der Waals surface area contributed by atoms with Crippen LogP contribution in [0.4, 0.5) is 10.1 Å². The Morgan fingerprint density at radius 3 is 2.67 bits per heavy atom. The quantitative estimate of drug-likeness (QED) is 0.560. The maximum atomic E-state index is 13.4. The Morgan fingerprint density at radius 2 is 1.91 bits per heavy atom. The van der Waals surface area contributed by atoms with E-state index in [1.54, 1.807) is 12.1 Å². The van der Waals surface area contributed by atoms with Crippen molar-refractivity contribution in [1.29, 1.82) is 0 Å². The normalized spacial score (nSPS) is 19.1. The van der Waals surface area contributed by atoms with Gasteiger partial charge in [0.25, 0.3) is 5.91 Å². The van der Waals surface area contributed by atoms with Crippen molar-refractivity contribution >= 4 is 28.4 Å². The second kappa shape index (κ2) is 8.51. The van der Waals surface area contributed by atoms with Crippen molar-refractivity contribution < 1.29 is 14.0 Å². The van der Waals surface area contributed by atoms with Gasteiger partial charge >= 0.3 is 0 Å². The summed E-state index contributed by atoms with van der Waals surface area (Å²) in [6.07, 6.45) is 1.48. The number of nitrogens with one attached hydrogen (secondary N) is 3. The van der Waals surface area contributed by atoms with Crippen LogP contribution in [-0.2, 0) is 4.79 Å². The Kier molecular flexibility index (Phi) is 5.54. The topological polar surface area (TPSA) is 80.5 Å². The Labute approximate surface area is 191 Å². The number of carbonyl (C=O) groups excluding carboxylic acids is 2. The number of rotatable bonds is 5. The fourth-order valence-corrected chi connectivity index (χ4v) is 5.10. The molecule has 172 valence electrons. The first-order valence-electron chi connectivity index (χ1n) is 11.4. The van der Waals surface area contributed by atoms with Gasteiger partial charge in [0.15, 0.2) is 0 Å². The lowest BCUT2D eigenvalue weighted by Crippen LogP contribution is -2.57. The van der Waals surface area contributed by atoms with Gasteiger partial charge < -0.3 is 25.4 Å². The smallest absolute Gasteiger partial charge is 0.267 e. The first kappa shape index (κ1) is 21.5. The highest BCUT2D eigenvalue weighted by atomic mass is 19.1. The Balaban J connectivity index is 1.19. The van der Waals surface area contributed by atoms with Gasteiger partial charge in [0.1, 0.15) is 17.1 Å². The minimum atomic E-state index is -0.510. The van der Waals surface area contributed by atoms with Crippen LogP contribution in [0, 0.1) is 5.82 Å². The van der Waals surface area contributed by atoms with E-state index in [1.807, 2.05) is 37.3 Å². The molecule has 2 aliphatic heterocycles. The number of hydrogen-bond acceptors (Lipinski definition) is 4. The van der Waals surface area contributed by atoms with Crippen LogP contribution in [-0.4, -0.2) is 59.6 Å². The summed E-state index contributed by atoms with van der Waals surface area (Å²) >= 11 is 0. The summed E-state index contributed by atoms with van der Waals surface area (Å²) in [5.74, 6) is -0.438. The van der Waals surface area contributed by atoms with Crippen LogP contribution in [0.1, 0.15) is 30.3 Å². The predicted octanol–water partition coefficient (Wildman–Crippen LogP) is 2.85. The van der Waals surface area contributed by atoms with Crippen LogP contribution in [0.2, 0.25) is 0 Å². The molecule has 8 heteroatoms. The SMILES string of the molecule is C[C@H](CN1CCC2(CC1)C(=O)NCN2c1ccccc1)NC(=O)c1cc2cc(F)ccc2[nH]1. The van der Waals surface area contributed by atoms with Crippen LogP contribution in [0.3, 0.4) is 0 Å². The van der Waals surface area contributed by atoms with Gasteiger partial charge in [0, 0.05) is 42.3 Å². The number of fused-ring (bicyclic) bond motifs is 1. The maximum absolute atomic E-state index is 13.4. The zero-order chi connectivity index (χ0) is 23.0. The highest BCUT2D eigenvalue weighted by molar-refractivity contribution is 5.98. The third kappa shape index (κ3) is 4.06. The molecular formula is C25H28FN5O2. The van der Waals surface area contributed by atoms with Gasteiger partial charge in [-0.1, -0.05) is 18.2 Å². The summed E-state index contributed by atoms with van der Waals surface area (Å²) in [6.45, 7) is 4.77. The van der Waals surface area contributed by atoms with Crippen molar-refractivity contribution in [2.75, 3.05) is 31.2 Å². The number of nitrogens with zero attached hydrogens (tertiary/aromatic N) is 2. The molecule has 0 unspecified atom stereocenters. The highest BCUT2D eigenvalue weighted by Gasteiger charge is 2.50. The van der Waals surface area contributed by atoms with Gasteiger partial charge in [-0.15, -0.1) is 0 Å². The van der Waals surface area contributed by atoms with Gasteiger partial charge in [-0.05, 0) is 56.2 Å². The summed E-state index contributed by atoms with van der Waals surface area (Å²) < 4.78 is 13.4. The standard InChI is InChI=1S/C25H28FN5O2/c1-17(28-23(32)22-14-18-13-19(26)7-8-21(18)29-22)15-30-11-9-25(10-12-30)24(33)27-16-31(25)20-5-3-2-4-6-20/h2-8,13-14,17,29H,9-12,15-16H2,1H3,(H,27,33)(H,28,32)/t17-/m1/s1. The van der Waals surface area contributed by atoms with E-state index >= 15 is 0 Å². The average molecular weight is 450 g/mol. The predicted molar refractivity (Wildman–Crippen MR) is 126 cm³/mol. The minimum absolute atomic E-state index is 0.0719. The number of aromatic amines is 1. The molecular weight excluding hydrogens is 421 g/mol. The molecule has 1 spiro atoms. The Morgan fingerprint density at radius 1 is 1.15 bits per heavy atom. The van der Waals surface area contributed by atoms with Crippen molar-refractivity contribution in [1.82, 2.24) is 20.5 Å². The minimum Gasteiger partial charge on any atom is -0.351 e. The molecule has 3 aromatic rings. The number of aromatic nitrogens is 1. The van der Waals surface area contributed by atoms with E-state index in [2.05, 4.69) is 25.4 Å². The second-order valence-electron chi connectivity index (χ2n) is 9.05. The van der Waals surface area contributed by atoms with Gasteiger partial charge in [-0.3, -0.25) is 9.59 Å². The fraction of sp³-hybridized carbons (Fsp3) is 0.360. The number of anilines is 1. The fourth-order valence-electron chi connectivity index (χ4n) is 5.10. The lowest BCUT2D eigenvalue weighted by atomic mass is 9.85. The van der Waals surface area contributed by atoms with Crippen molar-refractivity contribution in [3.63, 3.8) is 0 Å². The zero-order valence-electron chi connectivity index (χ0n) is 18.6. The molecule has 3 N–H and O–H groups in total. The summed E-state index contributed by atoms with van der Waals surface area (Å²) in [7, 11) is 0. The van der Waals surface area contributed by atoms with E-state index in [0.717, 1.165) is 37.1 Å². The number of para-hydroxylation sites is 1. The first-order valence-corrected chi connectivity index (χ1v) is 11.4. The third-order valence-corrected chi connectivity index (χ3v) is 6.83. The van der Waals surface area contributed by atoms with Gasteiger partial charge in [0.2, 0.25) is 5.91 Å². The molecule has 1 atom stereocenters. The number of amides is 2. The van der Waals surface area contributed by atoms with Crippen LogP contribution in [0.5, 0.6) is 0 Å². The summed E-state index contributed by atoms with van der Waals surface area (Å²) in [5, 5.41) is 6.73. The van der Waals surface area contributed by atoms with Crippen LogP contribution in [0.25, 0.3) is 10.9 Å². The van der Waals surface area contributed by atoms with E-state index in [1.165, 1.54) is 12.1 Å². The molecule has 2 amide bonds. The number of hydrogen-bond donors (Lipinski definition) is 3. The molecule has 5 rings (SSSR count). The van der Waals surface area contributed by atoms with Crippen molar-refractivity contribution in [3.05, 3.63) is 66.1 Å². The van der Waals surface area contributed by atoms with Crippen molar-refractivity contribution in [2.24, 2.45) is 0 Å². The molecule has 2 aliphatic rings. The first-order chi connectivity index (χ1) is 15.9. The summed E-state index contributed by atoms with van der Waals surface area (Å²) in [6, 6.07) is 16.1.